The fourth-order valence-electron chi connectivity index (χ4n) is 1.77. The van der Waals surface area contributed by atoms with Gasteiger partial charge in [0.15, 0.2) is 0 Å². The molecule has 0 heterocycles. The Morgan fingerprint density at radius 3 is 2.65 bits per heavy atom. The lowest BCUT2D eigenvalue weighted by Gasteiger charge is -2.10. The molecule has 20 heavy (non-hydrogen) atoms. The number of nitrogen functional groups attached to an aromatic ring is 1. The molecular weight excluding hydrogens is 317 g/mol. The molecule has 0 saturated heterocycles. The average molecular weight is 330 g/mol. The van der Waals surface area contributed by atoms with E-state index in [-0.39, 0.29) is 5.75 Å². The van der Waals surface area contributed by atoms with Crippen LogP contribution in [0.5, 0.6) is 5.75 Å². The predicted octanol–water partition coefficient (Wildman–Crippen LogP) is 3.89. The molecule has 6 heteroatoms. The van der Waals surface area contributed by atoms with Crippen molar-refractivity contribution in [3.05, 3.63) is 52.0 Å². The Morgan fingerprint density at radius 1 is 1.20 bits per heavy atom. The molecule has 0 bridgehead atoms. The van der Waals surface area contributed by atoms with Crippen molar-refractivity contribution in [2.45, 2.75) is 10.6 Å². The minimum atomic E-state index is -1.33. The molecule has 0 saturated carbocycles. The van der Waals surface area contributed by atoms with Gasteiger partial charge in [-0.2, -0.15) is 0 Å². The molecule has 0 amide bonds. The van der Waals surface area contributed by atoms with Crippen molar-refractivity contribution in [2.24, 2.45) is 0 Å². The molecule has 0 radical (unpaired) electrons. The first-order valence-electron chi connectivity index (χ1n) is 5.77. The summed E-state index contributed by atoms with van der Waals surface area (Å²) in [6, 6.07) is 10.1. The molecule has 106 valence electrons. The van der Waals surface area contributed by atoms with Crippen LogP contribution in [0.2, 0.25) is 10.0 Å². The average Bonchev–Trinajstić information content (AvgIpc) is 2.41. The van der Waals surface area contributed by atoms with E-state index >= 15 is 0 Å². The highest BCUT2D eigenvalue weighted by Gasteiger charge is 2.13. The van der Waals surface area contributed by atoms with Crippen molar-refractivity contribution in [3.63, 3.8) is 0 Å². The van der Waals surface area contributed by atoms with E-state index in [1.165, 1.54) is 0 Å². The van der Waals surface area contributed by atoms with Gasteiger partial charge in [0.05, 0.1) is 33.6 Å². The molecule has 2 rings (SSSR count). The number of hydrogen-bond acceptors (Lipinski definition) is 3. The van der Waals surface area contributed by atoms with Crippen LogP contribution >= 0.6 is 23.2 Å². The van der Waals surface area contributed by atoms with Crippen LogP contribution in [0.4, 0.5) is 5.69 Å². The van der Waals surface area contributed by atoms with E-state index in [0.29, 0.717) is 26.4 Å². The lowest BCUT2D eigenvalue weighted by atomic mass is 10.2. The summed E-state index contributed by atoms with van der Waals surface area (Å²) in [4.78, 5) is 0.508. The zero-order chi connectivity index (χ0) is 14.7. The Morgan fingerprint density at radius 2 is 1.95 bits per heavy atom. The number of benzene rings is 2. The van der Waals surface area contributed by atoms with Crippen molar-refractivity contribution in [3.8, 4) is 5.75 Å². The van der Waals surface area contributed by atoms with E-state index < -0.39 is 10.8 Å². The first-order chi connectivity index (χ1) is 9.51. The van der Waals surface area contributed by atoms with Crippen LogP contribution in [-0.4, -0.2) is 11.3 Å². The molecule has 0 aliphatic carbocycles. The molecule has 1 unspecified atom stereocenters. The number of hydrogen-bond donors (Lipinski definition) is 1. The summed E-state index contributed by atoms with van der Waals surface area (Å²) in [6.07, 6.45) is 0. The Hall–Kier alpha value is -1.23. The zero-order valence-corrected chi connectivity index (χ0v) is 13.1. The summed E-state index contributed by atoms with van der Waals surface area (Å²) in [7, 11) is 0.232. The van der Waals surface area contributed by atoms with Gasteiger partial charge >= 0.3 is 0 Å². The summed E-state index contributed by atoms with van der Waals surface area (Å²) in [6.45, 7) is 0. The highest BCUT2D eigenvalue weighted by molar-refractivity contribution is 7.84. The number of ether oxygens (including phenoxy) is 1. The molecular formula is C14H13Cl2NO2S. The normalized spacial score (nSPS) is 12.2. The van der Waals surface area contributed by atoms with Crippen LogP contribution in [0.15, 0.2) is 41.3 Å². The van der Waals surface area contributed by atoms with Gasteiger partial charge in [-0.15, -0.1) is 0 Å². The number of halogens is 2. The molecule has 3 nitrogen and oxygen atoms in total. The highest BCUT2D eigenvalue weighted by atomic mass is 35.5. The molecule has 2 aromatic rings. The second-order valence-electron chi connectivity index (χ2n) is 4.14. The summed E-state index contributed by atoms with van der Waals surface area (Å²) in [5.74, 6) is 0.898. The molecule has 2 aromatic carbocycles. The Bertz CT molecular complexity index is 662. The molecule has 0 aromatic heterocycles. The van der Waals surface area contributed by atoms with Crippen molar-refractivity contribution in [1.82, 2.24) is 0 Å². The van der Waals surface area contributed by atoms with Gasteiger partial charge in [-0.05, 0) is 36.4 Å². The van der Waals surface area contributed by atoms with Gasteiger partial charge in [-0.25, -0.2) is 0 Å². The maximum atomic E-state index is 12.4. The lowest BCUT2D eigenvalue weighted by Crippen LogP contribution is -2.01. The van der Waals surface area contributed by atoms with Crippen molar-refractivity contribution in [2.75, 3.05) is 12.8 Å². The van der Waals surface area contributed by atoms with Crippen LogP contribution in [0.1, 0.15) is 5.56 Å². The summed E-state index contributed by atoms with van der Waals surface area (Å²) < 4.78 is 17.7. The maximum Gasteiger partial charge on any atom is 0.123 e. The van der Waals surface area contributed by atoms with Crippen LogP contribution in [-0.2, 0) is 16.6 Å². The van der Waals surface area contributed by atoms with Crippen molar-refractivity contribution in [1.29, 1.82) is 0 Å². The van der Waals surface area contributed by atoms with Crippen LogP contribution < -0.4 is 10.5 Å². The van der Waals surface area contributed by atoms with Gasteiger partial charge < -0.3 is 10.5 Å². The van der Waals surface area contributed by atoms with Gasteiger partial charge in [0.1, 0.15) is 5.75 Å². The number of methoxy groups -OCH3 is 1. The zero-order valence-electron chi connectivity index (χ0n) is 10.7. The summed E-state index contributed by atoms with van der Waals surface area (Å²) >= 11 is 12.0. The predicted molar refractivity (Wildman–Crippen MR) is 84.0 cm³/mol. The van der Waals surface area contributed by atoms with E-state index in [4.69, 9.17) is 33.7 Å². The second-order valence-corrected chi connectivity index (χ2v) is 6.40. The third kappa shape index (κ3) is 3.45. The summed E-state index contributed by atoms with van der Waals surface area (Å²) in [5, 5.41) is 0.995. The van der Waals surface area contributed by atoms with E-state index in [1.54, 1.807) is 43.5 Å². The fraction of sp³-hybridized carbons (Fsp3) is 0.143. The molecule has 0 aliphatic rings. The second kappa shape index (κ2) is 6.48. The van der Waals surface area contributed by atoms with E-state index in [2.05, 4.69) is 0 Å². The van der Waals surface area contributed by atoms with Crippen LogP contribution in [0.25, 0.3) is 0 Å². The van der Waals surface area contributed by atoms with Crippen molar-refractivity contribution >= 4 is 39.7 Å². The van der Waals surface area contributed by atoms with E-state index in [1.807, 2.05) is 0 Å². The van der Waals surface area contributed by atoms with Crippen molar-refractivity contribution < 1.29 is 8.95 Å². The Kier molecular flexibility index (Phi) is 4.91. The topological polar surface area (TPSA) is 52.3 Å². The SMILES string of the molecule is COc1ccc(Cl)cc1CS(=O)c1cc(N)ccc1Cl. The molecule has 0 fully saturated rings. The van der Waals surface area contributed by atoms with Gasteiger partial charge in [-0.1, -0.05) is 23.2 Å². The first kappa shape index (κ1) is 15.2. The Balaban J connectivity index is 2.32. The lowest BCUT2D eigenvalue weighted by molar-refractivity contribution is 0.411. The third-order valence-corrected chi connectivity index (χ3v) is 4.81. The first-order valence-corrected chi connectivity index (χ1v) is 7.84. The standard InChI is InChI=1S/C14H13Cl2NO2S/c1-19-13-5-2-10(15)6-9(13)8-20(18)14-7-11(17)3-4-12(14)16/h2-7H,8,17H2,1H3. The quantitative estimate of drug-likeness (QED) is 0.865. The fourth-order valence-corrected chi connectivity index (χ4v) is 3.56. The minimum Gasteiger partial charge on any atom is -0.496 e. The smallest absolute Gasteiger partial charge is 0.123 e. The third-order valence-electron chi connectivity index (χ3n) is 2.73. The minimum absolute atomic E-state index is 0.257. The van der Waals surface area contributed by atoms with Gasteiger partial charge in [-0.3, -0.25) is 4.21 Å². The number of rotatable bonds is 4. The van der Waals surface area contributed by atoms with Crippen LogP contribution in [0.3, 0.4) is 0 Å². The highest BCUT2D eigenvalue weighted by Crippen LogP contribution is 2.28. The largest absolute Gasteiger partial charge is 0.496 e. The van der Waals surface area contributed by atoms with E-state index in [0.717, 1.165) is 5.56 Å². The molecule has 2 N–H and O–H groups in total. The monoisotopic (exact) mass is 329 g/mol. The van der Waals surface area contributed by atoms with Crippen LogP contribution in [0, 0.1) is 0 Å². The van der Waals surface area contributed by atoms with Gasteiger partial charge in [0.25, 0.3) is 0 Å². The molecule has 0 aliphatic heterocycles. The summed E-state index contributed by atoms with van der Waals surface area (Å²) in [5.41, 5.74) is 6.98. The maximum absolute atomic E-state index is 12.4. The number of anilines is 1. The Labute approximate surface area is 130 Å². The molecule has 0 spiro atoms. The van der Waals surface area contributed by atoms with Gasteiger partial charge in [0.2, 0.25) is 0 Å². The van der Waals surface area contributed by atoms with E-state index in [9.17, 15) is 4.21 Å². The van der Waals surface area contributed by atoms with Gasteiger partial charge in [0, 0.05) is 16.3 Å². The molecule has 1 atom stereocenters. The number of nitrogens with two attached hydrogens (primary N) is 1.